The minimum absolute atomic E-state index is 0.00238. The summed E-state index contributed by atoms with van der Waals surface area (Å²) in [5.41, 5.74) is 0.950. The van der Waals surface area contributed by atoms with Gasteiger partial charge in [-0.3, -0.25) is 4.79 Å². The summed E-state index contributed by atoms with van der Waals surface area (Å²) in [6, 6.07) is 15.9. The van der Waals surface area contributed by atoms with Crippen molar-refractivity contribution in [3.63, 3.8) is 0 Å². The molecule has 0 spiro atoms. The first-order chi connectivity index (χ1) is 11.2. The zero-order chi connectivity index (χ0) is 16.1. The molecule has 0 aliphatic carbocycles. The zero-order valence-corrected chi connectivity index (χ0v) is 13.5. The summed E-state index contributed by atoms with van der Waals surface area (Å²) in [5.74, 6) is 0.246. The number of rotatable bonds is 6. The maximum Gasteiger partial charge on any atom is 0.238 e. The van der Waals surface area contributed by atoms with Crippen LogP contribution in [-0.2, 0) is 4.79 Å². The van der Waals surface area contributed by atoms with E-state index in [0.29, 0.717) is 12.5 Å². The lowest BCUT2D eigenvalue weighted by Gasteiger charge is -2.28. The molecular formula is C18H19FN2OS. The second-order valence-corrected chi connectivity index (χ2v) is 6.81. The molecular weight excluding hydrogens is 311 g/mol. The van der Waals surface area contributed by atoms with Crippen LogP contribution >= 0.6 is 11.8 Å². The van der Waals surface area contributed by atoms with Crippen LogP contribution in [0, 0.1) is 11.7 Å². The summed E-state index contributed by atoms with van der Waals surface area (Å²) in [5, 5.41) is 5.90. The largest absolute Gasteiger partial charge is 0.354 e. The molecule has 0 saturated carbocycles. The van der Waals surface area contributed by atoms with Crippen LogP contribution in [0.15, 0.2) is 59.5 Å². The minimum Gasteiger partial charge on any atom is -0.354 e. The first-order valence-corrected chi connectivity index (χ1v) is 8.56. The number of carbonyl (C=O) groups is 1. The van der Waals surface area contributed by atoms with Gasteiger partial charge in [-0.15, -0.1) is 11.8 Å². The Balaban J connectivity index is 1.72. The Morgan fingerprint density at radius 2 is 1.87 bits per heavy atom. The molecule has 23 heavy (non-hydrogen) atoms. The molecule has 3 nitrogen and oxygen atoms in total. The van der Waals surface area contributed by atoms with Gasteiger partial charge in [0.05, 0.1) is 0 Å². The number of carbonyl (C=O) groups excluding carboxylic acids is 1. The van der Waals surface area contributed by atoms with Crippen LogP contribution < -0.4 is 10.6 Å². The Hall–Kier alpha value is -1.85. The van der Waals surface area contributed by atoms with Crippen molar-refractivity contribution < 1.29 is 9.18 Å². The Morgan fingerprint density at radius 1 is 1.17 bits per heavy atom. The number of thioether (sulfide) groups is 1. The van der Waals surface area contributed by atoms with Gasteiger partial charge in [-0.1, -0.05) is 30.3 Å². The summed E-state index contributed by atoms with van der Waals surface area (Å²) in [7, 11) is 0. The predicted octanol–water partition coefficient (Wildman–Crippen LogP) is 2.99. The summed E-state index contributed by atoms with van der Waals surface area (Å²) in [6.07, 6.45) is 0. The fraction of sp³-hybridized carbons (Fsp3) is 0.278. The predicted molar refractivity (Wildman–Crippen MR) is 90.8 cm³/mol. The van der Waals surface area contributed by atoms with Gasteiger partial charge in [0.1, 0.15) is 11.1 Å². The lowest BCUT2D eigenvalue weighted by molar-refractivity contribution is -0.120. The molecule has 5 heteroatoms. The van der Waals surface area contributed by atoms with Crippen LogP contribution in [0.25, 0.3) is 0 Å². The molecule has 120 valence electrons. The molecule has 2 aromatic carbocycles. The van der Waals surface area contributed by atoms with Gasteiger partial charge in [-0.05, 0) is 29.8 Å². The fourth-order valence-corrected chi connectivity index (χ4v) is 3.43. The van der Waals surface area contributed by atoms with Crippen molar-refractivity contribution in [3.8, 4) is 0 Å². The van der Waals surface area contributed by atoms with Crippen LogP contribution in [0.2, 0.25) is 0 Å². The maximum absolute atomic E-state index is 13.1. The lowest BCUT2D eigenvalue weighted by Crippen LogP contribution is -2.48. The summed E-state index contributed by atoms with van der Waals surface area (Å²) < 4.78 is 13.1. The van der Waals surface area contributed by atoms with Gasteiger partial charge in [0.25, 0.3) is 0 Å². The summed E-state index contributed by atoms with van der Waals surface area (Å²) >= 11 is 1.44. The highest BCUT2D eigenvalue weighted by atomic mass is 32.2. The maximum atomic E-state index is 13.1. The lowest BCUT2D eigenvalue weighted by atomic mass is 10.0. The second kappa shape index (κ2) is 7.62. The fourth-order valence-electron chi connectivity index (χ4n) is 2.38. The normalized spacial score (nSPS) is 15.7. The van der Waals surface area contributed by atoms with Crippen molar-refractivity contribution in [2.24, 2.45) is 5.92 Å². The van der Waals surface area contributed by atoms with Crippen molar-refractivity contribution in [1.29, 1.82) is 0 Å². The molecule has 1 unspecified atom stereocenters. The highest BCUT2D eigenvalue weighted by Gasteiger charge is 2.24. The molecule has 1 aliphatic rings. The van der Waals surface area contributed by atoms with Crippen LogP contribution in [0.4, 0.5) is 4.39 Å². The molecule has 1 heterocycles. The van der Waals surface area contributed by atoms with E-state index in [1.54, 1.807) is 12.1 Å². The highest BCUT2D eigenvalue weighted by molar-refractivity contribution is 8.00. The standard InChI is InChI=1S/C18H19FN2OS/c19-15-6-8-16(9-7-15)23-17(14-4-2-1-3-5-14)18(22)21-12-13-10-20-11-13/h1-9,13,17,20H,10-12H2,(H,21,22). The van der Waals surface area contributed by atoms with E-state index < -0.39 is 0 Å². The van der Waals surface area contributed by atoms with Gasteiger partial charge >= 0.3 is 0 Å². The molecule has 1 aliphatic heterocycles. The Labute approximate surface area is 139 Å². The van der Waals surface area contributed by atoms with E-state index in [2.05, 4.69) is 10.6 Å². The molecule has 0 bridgehead atoms. The number of halogens is 1. The third kappa shape index (κ3) is 4.33. The van der Waals surface area contributed by atoms with Crippen molar-refractivity contribution in [3.05, 3.63) is 66.0 Å². The van der Waals surface area contributed by atoms with Gasteiger partial charge in [0.2, 0.25) is 5.91 Å². The number of nitrogens with one attached hydrogen (secondary N) is 2. The average molecular weight is 330 g/mol. The van der Waals surface area contributed by atoms with Gasteiger partial charge in [0, 0.05) is 30.4 Å². The topological polar surface area (TPSA) is 41.1 Å². The number of hydrogen-bond donors (Lipinski definition) is 2. The van der Waals surface area contributed by atoms with Crippen LogP contribution in [-0.4, -0.2) is 25.5 Å². The van der Waals surface area contributed by atoms with Crippen molar-refractivity contribution in [2.75, 3.05) is 19.6 Å². The molecule has 0 aromatic heterocycles. The van der Waals surface area contributed by atoms with E-state index in [0.717, 1.165) is 23.5 Å². The monoisotopic (exact) mass is 330 g/mol. The smallest absolute Gasteiger partial charge is 0.238 e. The van der Waals surface area contributed by atoms with Crippen LogP contribution in [0.3, 0.4) is 0 Å². The number of hydrogen-bond acceptors (Lipinski definition) is 3. The molecule has 1 atom stereocenters. The molecule has 0 radical (unpaired) electrons. The van der Waals surface area contributed by atoms with Gasteiger partial charge < -0.3 is 10.6 Å². The van der Waals surface area contributed by atoms with E-state index in [1.165, 1.54) is 23.9 Å². The number of benzene rings is 2. The van der Waals surface area contributed by atoms with Crippen molar-refractivity contribution in [2.45, 2.75) is 10.1 Å². The van der Waals surface area contributed by atoms with E-state index in [9.17, 15) is 9.18 Å². The SMILES string of the molecule is O=C(NCC1CNC1)C(Sc1ccc(F)cc1)c1ccccc1. The first-order valence-electron chi connectivity index (χ1n) is 7.68. The van der Waals surface area contributed by atoms with E-state index in [4.69, 9.17) is 0 Å². The Morgan fingerprint density at radius 3 is 2.48 bits per heavy atom. The average Bonchev–Trinajstić information content (AvgIpc) is 2.53. The van der Waals surface area contributed by atoms with Crippen LogP contribution in [0.1, 0.15) is 10.8 Å². The van der Waals surface area contributed by atoms with Gasteiger partial charge in [-0.2, -0.15) is 0 Å². The van der Waals surface area contributed by atoms with Crippen molar-refractivity contribution >= 4 is 17.7 Å². The van der Waals surface area contributed by atoms with E-state index >= 15 is 0 Å². The second-order valence-electron chi connectivity index (χ2n) is 5.63. The van der Waals surface area contributed by atoms with Gasteiger partial charge in [-0.25, -0.2) is 4.39 Å². The molecule has 1 saturated heterocycles. The highest BCUT2D eigenvalue weighted by Crippen LogP contribution is 2.35. The molecule has 1 amide bonds. The van der Waals surface area contributed by atoms with Gasteiger partial charge in [0.15, 0.2) is 0 Å². The molecule has 1 fully saturated rings. The molecule has 3 rings (SSSR count). The zero-order valence-electron chi connectivity index (χ0n) is 12.7. The number of amides is 1. The molecule has 2 N–H and O–H groups in total. The third-order valence-corrected chi connectivity index (χ3v) is 5.11. The minimum atomic E-state index is -0.338. The summed E-state index contributed by atoms with van der Waals surface area (Å²) in [6.45, 7) is 2.61. The summed E-state index contributed by atoms with van der Waals surface area (Å²) in [4.78, 5) is 13.5. The Bertz CT molecular complexity index is 644. The van der Waals surface area contributed by atoms with E-state index in [-0.39, 0.29) is 17.0 Å². The van der Waals surface area contributed by atoms with Crippen molar-refractivity contribution in [1.82, 2.24) is 10.6 Å². The van der Waals surface area contributed by atoms with E-state index in [1.807, 2.05) is 30.3 Å². The quantitative estimate of drug-likeness (QED) is 0.800. The third-order valence-electron chi connectivity index (χ3n) is 3.84. The van der Waals surface area contributed by atoms with Crippen LogP contribution in [0.5, 0.6) is 0 Å². The Kier molecular flexibility index (Phi) is 5.31. The molecule has 2 aromatic rings. The first kappa shape index (κ1) is 16.0.